The van der Waals surface area contributed by atoms with Crippen LogP contribution in [-0.4, -0.2) is 8.42 Å². The highest BCUT2D eigenvalue weighted by molar-refractivity contribution is 7.95. The lowest BCUT2D eigenvalue weighted by Crippen LogP contribution is -2.05. The van der Waals surface area contributed by atoms with E-state index in [0.717, 1.165) is 0 Å². The van der Waals surface area contributed by atoms with Gasteiger partial charge in [-0.3, -0.25) is 0 Å². The van der Waals surface area contributed by atoms with Gasteiger partial charge in [0.15, 0.2) is 4.91 Å². The molecule has 2 rings (SSSR count). The molecule has 0 atom stereocenters. The Kier molecular flexibility index (Phi) is 2.64. The largest absolute Gasteiger partial charge is 0.247 e. The predicted molar refractivity (Wildman–Crippen MR) is 59.8 cm³/mol. The average Bonchev–Trinajstić information content (AvgIpc) is 2.31. The fourth-order valence-corrected chi connectivity index (χ4v) is 2.84. The molecule has 2 nitrogen and oxygen atoms in total. The zero-order valence-corrected chi connectivity index (χ0v) is 8.94. The highest BCUT2D eigenvalue weighted by atomic mass is 32.2. The number of allylic oxidation sites excluding steroid dienone is 4. The van der Waals surface area contributed by atoms with Gasteiger partial charge in [0.2, 0.25) is 9.84 Å². The molecule has 0 aromatic heterocycles. The molecule has 0 N–H and O–H groups in total. The Morgan fingerprint density at radius 3 is 2.47 bits per heavy atom. The van der Waals surface area contributed by atoms with E-state index in [4.69, 9.17) is 0 Å². The molecule has 0 radical (unpaired) electrons. The third-order valence-corrected chi connectivity index (χ3v) is 4.13. The second-order valence-corrected chi connectivity index (χ2v) is 5.28. The van der Waals surface area contributed by atoms with E-state index < -0.39 is 9.84 Å². The predicted octanol–water partition coefficient (Wildman–Crippen LogP) is 2.51. The minimum absolute atomic E-state index is 0.361. The van der Waals surface area contributed by atoms with E-state index in [9.17, 15) is 8.42 Å². The second kappa shape index (κ2) is 3.95. The Morgan fingerprint density at radius 1 is 1.13 bits per heavy atom. The Bertz CT molecular complexity index is 496. The maximum absolute atomic E-state index is 12.1. The molecule has 0 saturated carbocycles. The normalized spacial score (nSPS) is 15.6. The summed E-state index contributed by atoms with van der Waals surface area (Å²) in [5.41, 5.74) is 0. The molecule has 0 heterocycles. The van der Waals surface area contributed by atoms with Crippen molar-refractivity contribution in [1.29, 1.82) is 0 Å². The van der Waals surface area contributed by atoms with Gasteiger partial charge in [-0.05, 0) is 12.1 Å². The lowest BCUT2D eigenvalue weighted by molar-refractivity contribution is 0.601. The number of hydrogen-bond acceptors (Lipinski definition) is 2. The molecule has 0 fully saturated rings. The van der Waals surface area contributed by atoms with E-state index in [0.29, 0.717) is 16.2 Å². The minimum atomic E-state index is -3.28. The maximum Gasteiger partial charge on any atom is 0.247 e. The molecule has 0 unspecified atom stereocenters. The lowest BCUT2D eigenvalue weighted by Gasteiger charge is -2.03. The topological polar surface area (TPSA) is 34.1 Å². The summed E-state index contributed by atoms with van der Waals surface area (Å²) >= 11 is 0. The molecule has 76 valence electrons. The van der Waals surface area contributed by atoms with Crippen molar-refractivity contribution in [1.82, 2.24) is 0 Å². The van der Waals surface area contributed by atoms with Gasteiger partial charge in [-0.25, -0.2) is 8.42 Å². The van der Waals surface area contributed by atoms with Crippen molar-refractivity contribution in [2.75, 3.05) is 0 Å². The molecule has 15 heavy (non-hydrogen) atoms. The first kappa shape index (κ1) is 10.1. The first-order valence-corrected chi connectivity index (χ1v) is 6.19. The van der Waals surface area contributed by atoms with E-state index in [1.807, 2.05) is 12.2 Å². The van der Waals surface area contributed by atoms with Crippen LogP contribution in [0.1, 0.15) is 6.42 Å². The highest BCUT2D eigenvalue weighted by Crippen LogP contribution is 2.24. The van der Waals surface area contributed by atoms with Crippen molar-refractivity contribution < 1.29 is 8.42 Å². The molecule has 1 aromatic rings. The number of sulfone groups is 1. The van der Waals surface area contributed by atoms with Crippen LogP contribution in [0.25, 0.3) is 0 Å². The lowest BCUT2D eigenvalue weighted by atomic mass is 10.2. The number of benzene rings is 1. The van der Waals surface area contributed by atoms with Gasteiger partial charge >= 0.3 is 0 Å². The third kappa shape index (κ3) is 1.97. The van der Waals surface area contributed by atoms with Gasteiger partial charge in [0.1, 0.15) is 0 Å². The Labute approximate surface area is 89.9 Å². The van der Waals surface area contributed by atoms with Crippen LogP contribution < -0.4 is 0 Å². The van der Waals surface area contributed by atoms with Crippen LogP contribution in [0.2, 0.25) is 0 Å². The zero-order chi connectivity index (χ0) is 10.7. The summed E-state index contributed by atoms with van der Waals surface area (Å²) in [4.78, 5) is 0.816. The minimum Gasteiger partial charge on any atom is -0.205 e. The van der Waals surface area contributed by atoms with E-state index in [1.54, 1.807) is 42.8 Å². The molecule has 1 aliphatic rings. The summed E-state index contributed by atoms with van der Waals surface area (Å²) in [6.07, 6.45) is 7.58. The Hall–Kier alpha value is -1.48. The van der Waals surface area contributed by atoms with Gasteiger partial charge in [-0.1, -0.05) is 18.2 Å². The van der Waals surface area contributed by atoms with Crippen molar-refractivity contribution in [3.05, 3.63) is 59.9 Å². The second-order valence-electron chi connectivity index (χ2n) is 3.27. The number of hydrogen-bond donors (Lipinski definition) is 0. The third-order valence-electron chi connectivity index (χ3n) is 2.25. The molecular weight excluding hydrogens is 208 g/mol. The van der Waals surface area contributed by atoms with Gasteiger partial charge in [0, 0.05) is 18.6 Å². The number of rotatable bonds is 2. The fraction of sp³-hybridized carbons (Fsp3) is 0.0833. The molecule has 3 heteroatoms. The smallest absolute Gasteiger partial charge is 0.205 e. The summed E-state index contributed by atoms with van der Waals surface area (Å²) in [5.74, 6) is 0. The van der Waals surface area contributed by atoms with Crippen molar-refractivity contribution in [2.24, 2.45) is 0 Å². The van der Waals surface area contributed by atoms with Crippen LogP contribution in [0.5, 0.6) is 0 Å². The van der Waals surface area contributed by atoms with Crippen LogP contribution >= 0.6 is 0 Å². The zero-order valence-electron chi connectivity index (χ0n) is 8.13. The molecule has 1 aromatic carbocycles. The first-order chi connectivity index (χ1) is 7.21. The highest BCUT2D eigenvalue weighted by Gasteiger charge is 2.25. The summed E-state index contributed by atoms with van der Waals surface area (Å²) in [6.45, 7) is 0. The standard InChI is InChI=1S/C12H11O2S/c13-15(14,11-7-3-1-4-8-11)12-9-5-2-6-10-12/h1-9H,10H2/q+1. The van der Waals surface area contributed by atoms with Gasteiger partial charge in [-0.2, -0.15) is 0 Å². The van der Waals surface area contributed by atoms with Crippen LogP contribution in [0.15, 0.2) is 58.4 Å². The van der Waals surface area contributed by atoms with Gasteiger partial charge in [0.05, 0.1) is 17.4 Å². The van der Waals surface area contributed by atoms with Crippen molar-refractivity contribution in [3.63, 3.8) is 0 Å². The van der Waals surface area contributed by atoms with E-state index in [2.05, 4.69) is 0 Å². The molecule has 1 aliphatic carbocycles. The quantitative estimate of drug-likeness (QED) is 0.716. The molecule has 0 bridgehead atoms. The summed E-state index contributed by atoms with van der Waals surface area (Å²) in [5, 5.41) is 0. The SMILES string of the molecule is O=S(=O)(C1=C[CH+]C=CC1)c1ccccc1. The summed E-state index contributed by atoms with van der Waals surface area (Å²) in [7, 11) is -3.28. The average molecular weight is 219 g/mol. The first-order valence-electron chi connectivity index (χ1n) is 4.70. The molecule has 0 aliphatic heterocycles. The Morgan fingerprint density at radius 2 is 1.87 bits per heavy atom. The maximum atomic E-state index is 12.1. The molecular formula is C12H11O2S+. The summed E-state index contributed by atoms with van der Waals surface area (Å²) < 4.78 is 24.1. The van der Waals surface area contributed by atoms with E-state index in [-0.39, 0.29) is 0 Å². The molecule has 0 amide bonds. The van der Waals surface area contributed by atoms with Gasteiger partial charge < -0.3 is 0 Å². The fourth-order valence-electron chi connectivity index (χ4n) is 1.44. The summed E-state index contributed by atoms with van der Waals surface area (Å²) in [6, 6.07) is 8.51. The van der Waals surface area contributed by atoms with Crippen molar-refractivity contribution in [3.8, 4) is 0 Å². The molecule has 0 spiro atoms. The van der Waals surface area contributed by atoms with Crippen LogP contribution in [-0.2, 0) is 9.84 Å². The van der Waals surface area contributed by atoms with E-state index >= 15 is 0 Å². The van der Waals surface area contributed by atoms with E-state index in [1.165, 1.54) is 0 Å². The van der Waals surface area contributed by atoms with Crippen LogP contribution in [0.3, 0.4) is 0 Å². The Balaban J connectivity index is 2.40. The van der Waals surface area contributed by atoms with Crippen LogP contribution in [0, 0.1) is 6.42 Å². The van der Waals surface area contributed by atoms with Gasteiger partial charge in [-0.15, -0.1) is 0 Å². The van der Waals surface area contributed by atoms with Crippen molar-refractivity contribution in [2.45, 2.75) is 11.3 Å². The van der Waals surface area contributed by atoms with Crippen LogP contribution in [0.4, 0.5) is 0 Å². The van der Waals surface area contributed by atoms with Gasteiger partial charge in [0.25, 0.3) is 0 Å². The molecule has 0 saturated heterocycles. The monoisotopic (exact) mass is 219 g/mol. The van der Waals surface area contributed by atoms with Crippen molar-refractivity contribution >= 4 is 9.84 Å².